The second kappa shape index (κ2) is 9.06. The highest BCUT2D eigenvalue weighted by molar-refractivity contribution is 6.30. The van der Waals surface area contributed by atoms with Crippen LogP contribution >= 0.6 is 11.6 Å². The van der Waals surface area contributed by atoms with Crippen molar-refractivity contribution in [2.45, 2.75) is 32.2 Å². The van der Waals surface area contributed by atoms with Crippen molar-refractivity contribution < 1.29 is 4.39 Å². The lowest BCUT2D eigenvalue weighted by molar-refractivity contribution is 0.174. The minimum Gasteiger partial charge on any atom is -0.305 e. The Morgan fingerprint density at radius 1 is 1.10 bits per heavy atom. The summed E-state index contributed by atoms with van der Waals surface area (Å²) in [6.07, 6.45) is 5.77. The number of piperidine rings is 1. The van der Waals surface area contributed by atoms with Crippen LogP contribution in [0.4, 0.5) is 4.39 Å². The number of benzene rings is 1. The van der Waals surface area contributed by atoms with E-state index in [0.29, 0.717) is 17.6 Å². The minimum absolute atomic E-state index is 0.110. The van der Waals surface area contributed by atoms with Crippen LogP contribution in [-0.2, 0) is 13.0 Å². The molecule has 1 aliphatic heterocycles. The van der Waals surface area contributed by atoms with E-state index in [-0.39, 0.29) is 5.56 Å². The molecular weight excluding hydrogens is 389 g/mol. The molecule has 0 aliphatic carbocycles. The van der Waals surface area contributed by atoms with Gasteiger partial charge < -0.3 is 9.47 Å². The summed E-state index contributed by atoms with van der Waals surface area (Å²) in [5, 5.41) is 0.802. The summed E-state index contributed by atoms with van der Waals surface area (Å²) in [5.74, 6) is 0.307. The Hall–Kier alpha value is -2.24. The van der Waals surface area contributed by atoms with Gasteiger partial charge in [-0.3, -0.25) is 9.78 Å². The van der Waals surface area contributed by atoms with Gasteiger partial charge in [-0.05, 0) is 68.5 Å². The van der Waals surface area contributed by atoms with Gasteiger partial charge in [-0.25, -0.2) is 4.39 Å². The number of nitrogens with zero attached hydrogens (tertiary/aromatic N) is 3. The van der Waals surface area contributed by atoms with Gasteiger partial charge in [-0.1, -0.05) is 23.7 Å². The van der Waals surface area contributed by atoms with Crippen molar-refractivity contribution in [3.05, 3.63) is 75.4 Å². The highest BCUT2D eigenvalue weighted by atomic mass is 35.5. The smallest absolute Gasteiger partial charge is 0.251 e. The second-order valence-electron chi connectivity index (χ2n) is 7.83. The van der Waals surface area contributed by atoms with Gasteiger partial charge in [0.1, 0.15) is 5.82 Å². The third kappa shape index (κ3) is 5.03. The Morgan fingerprint density at radius 3 is 2.72 bits per heavy atom. The van der Waals surface area contributed by atoms with Gasteiger partial charge in [0, 0.05) is 30.2 Å². The molecule has 6 heteroatoms. The van der Waals surface area contributed by atoms with E-state index in [2.05, 4.69) is 22.0 Å². The van der Waals surface area contributed by atoms with Crippen LogP contribution < -0.4 is 5.56 Å². The van der Waals surface area contributed by atoms with E-state index in [1.54, 1.807) is 10.6 Å². The van der Waals surface area contributed by atoms with Gasteiger partial charge in [0.2, 0.25) is 0 Å². The number of likely N-dealkylation sites (tertiary alicyclic amines) is 1. The lowest BCUT2D eigenvalue weighted by atomic mass is 9.90. The minimum atomic E-state index is -0.419. The standard InChI is InChI=1S/C23H25ClFN3O/c24-19-3-1-2-18(14-19)5-4-17-8-10-27(11-9-17)12-13-28-22-15-20(25)16-26-21(22)6-7-23(28)29/h1-3,6-7,14-17H,4-5,8-13H2. The maximum absolute atomic E-state index is 13.6. The van der Waals surface area contributed by atoms with E-state index in [1.807, 2.05) is 12.1 Å². The highest BCUT2D eigenvalue weighted by Gasteiger charge is 2.19. The zero-order valence-corrected chi connectivity index (χ0v) is 17.1. The van der Waals surface area contributed by atoms with Crippen LogP contribution in [0, 0.1) is 11.7 Å². The number of pyridine rings is 2. The van der Waals surface area contributed by atoms with Crippen molar-refractivity contribution in [3.8, 4) is 0 Å². The predicted molar refractivity (Wildman–Crippen MR) is 115 cm³/mol. The summed E-state index contributed by atoms with van der Waals surface area (Å²) in [4.78, 5) is 18.8. The zero-order valence-electron chi connectivity index (χ0n) is 16.4. The molecule has 152 valence electrons. The number of hydrogen-bond acceptors (Lipinski definition) is 3. The fraction of sp³-hybridized carbons (Fsp3) is 0.391. The summed E-state index contributed by atoms with van der Waals surface area (Å²) in [7, 11) is 0. The van der Waals surface area contributed by atoms with E-state index in [1.165, 1.54) is 43.2 Å². The van der Waals surface area contributed by atoms with Crippen LogP contribution in [0.5, 0.6) is 0 Å². The largest absolute Gasteiger partial charge is 0.305 e. The number of halogens is 2. The van der Waals surface area contributed by atoms with E-state index >= 15 is 0 Å². The molecule has 0 N–H and O–H groups in total. The van der Waals surface area contributed by atoms with Crippen molar-refractivity contribution >= 4 is 22.6 Å². The summed E-state index contributed by atoms with van der Waals surface area (Å²) >= 11 is 6.07. The molecule has 1 aliphatic rings. The van der Waals surface area contributed by atoms with E-state index < -0.39 is 5.82 Å². The Morgan fingerprint density at radius 2 is 1.93 bits per heavy atom. The molecule has 4 rings (SSSR count). The first-order chi connectivity index (χ1) is 14.1. The van der Waals surface area contributed by atoms with Crippen molar-refractivity contribution in [1.82, 2.24) is 14.5 Å². The van der Waals surface area contributed by atoms with Crippen molar-refractivity contribution in [3.63, 3.8) is 0 Å². The Kier molecular flexibility index (Phi) is 6.26. The molecule has 1 aromatic carbocycles. The lowest BCUT2D eigenvalue weighted by Crippen LogP contribution is -2.37. The average Bonchev–Trinajstić information content (AvgIpc) is 2.72. The molecule has 0 unspecified atom stereocenters. The predicted octanol–water partition coefficient (Wildman–Crippen LogP) is 4.53. The van der Waals surface area contributed by atoms with Crippen LogP contribution in [0.1, 0.15) is 24.8 Å². The molecular formula is C23H25ClFN3O. The quantitative estimate of drug-likeness (QED) is 0.595. The zero-order chi connectivity index (χ0) is 20.2. The average molecular weight is 414 g/mol. The lowest BCUT2D eigenvalue weighted by Gasteiger charge is -2.32. The summed E-state index contributed by atoms with van der Waals surface area (Å²) in [6, 6.07) is 12.7. The number of fused-ring (bicyclic) bond motifs is 1. The fourth-order valence-electron chi connectivity index (χ4n) is 4.18. The first-order valence-corrected chi connectivity index (χ1v) is 10.6. The Balaban J connectivity index is 1.30. The molecule has 0 amide bonds. The van der Waals surface area contributed by atoms with E-state index in [4.69, 9.17) is 11.6 Å². The third-order valence-corrected chi connectivity index (χ3v) is 6.12. The van der Waals surface area contributed by atoms with Crippen LogP contribution in [0.3, 0.4) is 0 Å². The number of aromatic nitrogens is 2. The summed E-state index contributed by atoms with van der Waals surface area (Å²) in [6.45, 7) is 3.41. The molecule has 1 saturated heterocycles. The molecule has 29 heavy (non-hydrogen) atoms. The van der Waals surface area contributed by atoms with Crippen molar-refractivity contribution in [1.29, 1.82) is 0 Å². The molecule has 2 aromatic heterocycles. The Labute approximate surface area is 174 Å². The second-order valence-corrected chi connectivity index (χ2v) is 8.27. The SMILES string of the molecule is O=c1ccc2ncc(F)cc2n1CCN1CCC(CCc2cccc(Cl)c2)CC1. The van der Waals surface area contributed by atoms with Crippen LogP contribution in [0.2, 0.25) is 5.02 Å². The molecule has 0 bridgehead atoms. The van der Waals surface area contributed by atoms with Gasteiger partial charge >= 0.3 is 0 Å². The third-order valence-electron chi connectivity index (χ3n) is 5.88. The molecule has 1 fully saturated rings. The van der Waals surface area contributed by atoms with Gasteiger partial charge in [0.25, 0.3) is 5.56 Å². The molecule has 0 atom stereocenters. The van der Waals surface area contributed by atoms with E-state index in [9.17, 15) is 9.18 Å². The maximum Gasteiger partial charge on any atom is 0.251 e. The monoisotopic (exact) mass is 413 g/mol. The van der Waals surface area contributed by atoms with Gasteiger partial charge in [-0.15, -0.1) is 0 Å². The summed E-state index contributed by atoms with van der Waals surface area (Å²) in [5.41, 5.74) is 2.40. The van der Waals surface area contributed by atoms with Crippen LogP contribution in [0.25, 0.3) is 11.0 Å². The maximum atomic E-state index is 13.6. The van der Waals surface area contributed by atoms with E-state index in [0.717, 1.165) is 37.0 Å². The van der Waals surface area contributed by atoms with Gasteiger partial charge in [0.05, 0.1) is 17.2 Å². The molecule has 3 heterocycles. The fourth-order valence-corrected chi connectivity index (χ4v) is 4.39. The van der Waals surface area contributed by atoms with Crippen molar-refractivity contribution in [2.24, 2.45) is 5.92 Å². The number of rotatable bonds is 6. The van der Waals surface area contributed by atoms with Crippen LogP contribution in [-0.4, -0.2) is 34.1 Å². The van der Waals surface area contributed by atoms with Gasteiger partial charge in [-0.2, -0.15) is 0 Å². The number of hydrogen-bond donors (Lipinski definition) is 0. The molecule has 0 saturated carbocycles. The number of aryl methyl sites for hydroxylation is 1. The van der Waals surface area contributed by atoms with Crippen LogP contribution in [0.15, 0.2) is 53.5 Å². The first kappa shape index (κ1) is 20.0. The topological polar surface area (TPSA) is 38.1 Å². The normalized spacial score (nSPS) is 15.8. The summed E-state index contributed by atoms with van der Waals surface area (Å²) < 4.78 is 15.2. The van der Waals surface area contributed by atoms with Gasteiger partial charge in [0.15, 0.2) is 0 Å². The Bertz CT molecular complexity index is 1040. The highest BCUT2D eigenvalue weighted by Crippen LogP contribution is 2.23. The molecule has 0 spiro atoms. The molecule has 4 nitrogen and oxygen atoms in total. The van der Waals surface area contributed by atoms with Crippen molar-refractivity contribution in [2.75, 3.05) is 19.6 Å². The first-order valence-electron chi connectivity index (χ1n) is 10.2. The molecule has 3 aromatic rings. The molecule has 0 radical (unpaired) electrons.